The van der Waals surface area contributed by atoms with Crippen LogP contribution in [-0.2, 0) is 0 Å². The van der Waals surface area contributed by atoms with E-state index in [-0.39, 0.29) is 6.04 Å². The molecule has 0 spiro atoms. The molecule has 1 aromatic carbocycles. The fourth-order valence-corrected chi connectivity index (χ4v) is 3.45. The highest BCUT2D eigenvalue weighted by Crippen LogP contribution is 2.35. The van der Waals surface area contributed by atoms with Gasteiger partial charge in [-0.05, 0) is 50.9 Å². The standard InChI is InChI=1S/C16H24ClNO/c1-11-6-4-5-7-15(11)18(3)12(2)14-10-13(17)8-9-16(14)19/h8-12,15,19H,4-7H2,1-3H3. The van der Waals surface area contributed by atoms with Crippen LogP contribution in [0.15, 0.2) is 18.2 Å². The summed E-state index contributed by atoms with van der Waals surface area (Å²) in [6.45, 7) is 4.48. The monoisotopic (exact) mass is 281 g/mol. The van der Waals surface area contributed by atoms with Crippen LogP contribution in [0.4, 0.5) is 0 Å². The van der Waals surface area contributed by atoms with E-state index >= 15 is 0 Å². The molecule has 1 fully saturated rings. The molecule has 1 aliphatic carbocycles. The molecule has 0 amide bonds. The van der Waals surface area contributed by atoms with Gasteiger partial charge in [0.2, 0.25) is 0 Å². The number of phenolic OH excluding ortho intramolecular Hbond substituents is 1. The highest BCUT2D eigenvalue weighted by Gasteiger charge is 2.29. The number of rotatable bonds is 3. The molecule has 2 nitrogen and oxygen atoms in total. The van der Waals surface area contributed by atoms with Crippen LogP contribution in [0.1, 0.15) is 51.1 Å². The zero-order valence-electron chi connectivity index (χ0n) is 12.1. The van der Waals surface area contributed by atoms with Gasteiger partial charge in [0.05, 0.1) is 0 Å². The first-order valence-corrected chi connectivity index (χ1v) is 7.59. The van der Waals surface area contributed by atoms with E-state index in [1.165, 1.54) is 25.7 Å². The lowest BCUT2D eigenvalue weighted by molar-refractivity contribution is 0.102. The van der Waals surface area contributed by atoms with Gasteiger partial charge in [-0.3, -0.25) is 4.90 Å². The van der Waals surface area contributed by atoms with Gasteiger partial charge in [0.25, 0.3) is 0 Å². The SMILES string of the molecule is CC1CCCCC1N(C)C(C)c1cc(Cl)ccc1O. The van der Waals surface area contributed by atoms with Crippen molar-refractivity contribution in [3.63, 3.8) is 0 Å². The number of nitrogens with zero attached hydrogens (tertiary/aromatic N) is 1. The maximum atomic E-state index is 10.0. The quantitative estimate of drug-likeness (QED) is 0.874. The first kappa shape index (κ1) is 14.7. The van der Waals surface area contributed by atoms with Crippen molar-refractivity contribution < 1.29 is 5.11 Å². The molecule has 0 bridgehead atoms. The van der Waals surface area contributed by atoms with Crippen molar-refractivity contribution in [2.45, 2.75) is 51.6 Å². The fraction of sp³-hybridized carbons (Fsp3) is 0.625. The third-order valence-corrected chi connectivity index (χ3v) is 4.87. The molecular formula is C16H24ClNO. The van der Waals surface area contributed by atoms with Crippen LogP contribution < -0.4 is 0 Å². The average Bonchev–Trinajstić information content (AvgIpc) is 2.40. The molecular weight excluding hydrogens is 258 g/mol. The van der Waals surface area contributed by atoms with Gasteiger partial charge in [-0.1, -0.05) is 31.4 Å². The molecule has 1 aliphatic rings. The highest BCUT2D eigenvalue weighted by atomic mass is 35.5. The van der Waals surface area contributed by atoms with Gasteiger partial charge in [-0.25, -0.2) is 0 Å². The molecule has 3 heteroatoms. The predicted molar refractivity (Wildman–Crippen MR) is 80.7 cm³/mol. The van der Waals surface area contributed by atoms with Crippen LogP contribution in [0.25, 0.3) is 0 Å². The number of hydrogen-bond acceptors (Lipinski definition) is 2. The Labute approximate surface area is 121 Å². The molecule has 1 N–H and O–H groups in total. The first-order valence-electron chi connectivity index (χ1n) is 7.21. The van der Waals surface area contributed by atoms with Crippen molar-refractivity contribution >= 4 is 11.6 Å². The van der Waals surface area contributed by atoms with E-state index in [9.17, 15) is 5.11 Å². The van der Waals surface area contributed by atoms with Gasteiger partial charge >= 0.3 is 0 Å². The van der Waals surface area contributed by atoms with Crippen LogP contribution >= 0.6 is 11.6 Å². The third-order valence-electron chi connectivity index (χ3n) is 4.64. The van der Waals surface area contributed by atoms with E-state index < -0.39 is 0 Å². The molecule has 19 heavy (non-hydrogen) atoms. The maximum absolute atomic E-state index is 10.0. The van der Waals surface area contributed by atoms with E-state index in [4.69, 9.17) is 11.6 Å². The Morgan fingerprint density at radius 2 is 2.00 bits per heavy atom. The molecule has 0 saturated heterocycles. The molecule has 3 atom stereocenters. The second-order valence-corrected chi connectivity index (χ2v) is 6.31. The lowest BCUT2D eigenvalue weighted by Gasteiger charge is -2.40. The van der Waals surface area contributed by atoms with Crippen molar-refractivity contribution in [2.75, 3.05) is 7.05 Å². The minimum Gasteiger partial charge on any atom is -0.508 e. The number of phenols is 1. The lowest BCUT2D eigenvalue weighted by atomic mass is 9.84. The Kier molecular flexibility index (Phi) is 4.75. The molecule has 2 rings (SSSR count). The number of aromatic hydroxyl groups is 1. The molecule has 0 aliphatic heterocycles. The molecule has 106 valence electrons. The molecule has 1 aromatic rings. The topological polar surface area (TPSA) is 23.5 Å². The molecule has 0 radical (unpaired) electrons. The minimum absolute atomic E-state index is 0.184. The molecule has 3 unspecified atom stereocenters. The van der Waals surface area contributed by atoms with Gasteiger partial charge in [0.15, 0.2) is 0 Å². The second kappa shape index (κ2) is 6.15. The largest absolute Gasteiger partial charge is 0.508 e. The van der Waals surface area contributed by atoms with Crippen LogP contribution in [0, 0.1) is 5.92 Å². The number of benzene rings is 1. The predicted octanol–water partition coefficient (Wildman–Crippen LogP) is 4.62. The van der Waals surface area contributed by atoms with Gasteiger partial charge in [0, 0.05) is 22.7 Å². The van der Waals surface area contributed by atoms with Gasteiger partial charge in [-0.2, -0.15) is 0 Å². The van der Waals surface area contributed by atoms with Crippen LogP contribution in [-0.4, -0.2) is 23.1 Å². The highest BCUT2D eigenvalue weighted by molar-refractivity contribution is 6.30. The molecule has 0 heterocycles. The Balaban J connectivity index is 2.17. The van der Waals surface area contributed by atoms with Crippen molar-refractivity contribution in [1.29, 1.82) is 0 Å². The third kappa shape index (κ3) is 3.24. The zero-order valence-corrected chi connectivity index (χ0v) is 12.8. The summed E-state index contributed by atoms with van der Waals surface area (Å²) < 4.78 is 0. The summed E-state index contributed by atoms with van der Waals surface area (Å²) in [6, 6.07) is 6.08. The lowest BCUT2D eigenvalue weighted by Crippen LogP contribution is -2.40. The van der Waals surface area contributed by atoms with E-state index in [0.717, 1.165) is 11.5 Å². The minimum atomic E-state index is 0.184. The summed E-state index contributed by atoms with van der Waals surface area (Å²) in [5.41, 5.74) is 0.924. The average molecular weight is 282 g/mol. The summed E-state index contributed by atoms with van der Waals surface area (Å²) >= 11 is 6.05. The van der Waals surface area contributed by atoms with E-state index in [1.807, 2.05) is 6.07 Å². The van der Waals surface area contributed by atoms with Crippen LogP contribution in [0.5, 0.6) is 5.75 Å². The number of hydrogen-bond donors (Lipinski definition) is 1. The summed E-state index contributed by atoms with van der Waals surface area (Å²) in [5, 5.41) is 10.7. The van der Waals surface area contributed by atoms with Crippen LogP contribution in [0.3, 0.4) is 0 Å². The maximum Gasteiger partial charge on any atom is 0.120 e. The smallest absolute Gasteiger partial charge is 0.120 e. The van der Waals surface area contributed by atoms with Crippen LogP contribution in [0.2, 0.25) is 5.02 Å². The van der Waals surface area contributed by atoms with E-state index in [1.54, 1.807) is 12.1 Å². The Hall–Kier alpha value is -0.730. The van der Waals surface area contributed by atoms with Gasteiger partial charge in [0.1, 0.15) is 5.75 Å². The Morgan fingerprint density at radius 1 is 1.32 bits per heavy atom. The summed E-state index contributed by atoms with van der Waals surface area (Å²) in [5.74, 6) is 1.06. The molecule has 0 aromatic heterocycles. The first-order chi connectivity index (χ1) is 9.00. The summed E-state index contributed by atoms with van der Waals surface area (Å²) in [7, 11) is 2.16. The number of halogens is 1. The van der Waals surface area contributed by atoms with Crippen molar-refractivity contribution in [1.82, 2.24) is 4.90 Å². The van der Waals surface area contributed by atoms with E-state index in [2.05, 4.69) is 25.8 Å². The normalized spacial score (nSPS) is 25.5. The Morgan fingerprint density at radius 3 is 2.68 bits per heavy atom. The van der Waals surface area contributed by atoms with E-state index in [0.29, 0.717) is 16.8 Å². The Bertz CT molecular complexity index is 435. The van der Waals surface area contributed by atoms with Crippen molar-refractivity contribution in [2.24, 2.45) is 5.92 Å². The van der Waals surface area contributed by atoms with Gasteiger partial charge < -0.3 is 5.11 Å². The fourth-order valence-electron chi connectivity index (χ4n) is 3.27. The molecule has 1 saturated carbocycles. The second-order valence-electron chi connectivity index (χ2n) is 5.87. The zero-order chi connectivity index (χ0) is 14.0. The van der Waals surface area contributed by atoms with Gasteiger partial charge in [-0.15, -0.1) is 0 Å². The van der Waals surface area contributed by atoms with Crippen molar-refractivity contribution in [3.8, 4) is 5.75 Å². The van der Waals surface area contributed by atoms with Crippen molar-refractivity contribution in [3.05, 3.63) is 28.8 Å². The summed E-state index contributed by atoms with van der Waals surface area (Å²) in [4.78, 5) is 2.40. The summed E-state index contributed by atoms with van der Waals surface area (Å²) in [6.07, 6.45) is 5.22.